The molecule has 0 fully saturated rings. The average Bonchev–Trinajstić information content (AvgIpc) is 2.83. The van der Waals surface area contributed by atoms with Gasteiger partial charge in [0.1, 0.15) is 0 Å². The van der Waals surface area contributed by atoms with Crippen molar-refractivity contribution >= 4 is 28.1 Å². The number of likely N-dealkylation sites (N-methyl/N-ethyl adjacent to an activating group) is 1. The first kappa shape index (κ1) is 13.1. The second-order valence-electron chi connectivity index (χ2n) is 3.97. The highest BCUT2D eigenvalue weighted by Crippen LogP contribution is 2.16. The van der Waals surface area contributed by atoms with Crippen LogP contribution in [0, 0.1) is 11.3 Å². The predicted octanol–water partition coefficient (Wildman–Crippen LogP) is 1.80. The molecule has 2 N–H and O–H groups in total. The summed E-state index contributed by atoms with van der Waals surface area (Å²) in [5.41, 5.74) is 7.51. The summed E-state index contributed by atoms with van der Waals surface area (Å²) in [6, 6.07) is 8.88. The van der Waals surface area contributed by atoms with Crippen LogP contribution in [0.25, 0.3) is 0 Å². The minimum Gasteiger partial charge on any atom is -0.375 e. The van der Waals surface area contributed by atoms with Crippen LogP contribution in [0.2, 0.25) is 0 Å². The van der Waals surface area contributed by atoms with Gasteiger partial charge in [0.25, 0.3) is 0 Å². The number of nitrogens with two attached hydrogens (primary N) is 1. The first-order valence-corrected chi connectivity index (χ1v) is 6.44. The van der Waals surface area contributed by atoms with Crippen molar-refractivity contribution in [3.05, 3.63) is 40.9 Å². The second-order valence-corrected chi connectivity index (χ2v) is 4.85. The van der Waals surface area contributed by atoms with Crippen LogP contribution in [0.5, 0.6) is 0 Å². The smallest absolute Gasteiger partial charge is 0.232 e. The van der Waals surface area contributed by atoms with E-state index in [0.29, 0.717) is 16.4 Å². The molecular formula is C13H12N4OS. The minimum atomic E-state index is -0.0741. The van der Waals surface area contributed by atoms with E-state index in [1.807, 2.05) is 6.07 Å². The quantitative estimate of drug-likeness (QED) is 0.923. The molecule has 2 aromatic rings. The van der Waals surface area contributed by atoms with E-state index in [9.17, 15) is 4.79 Å². The van der Waals surface area contributed by atoms with Crippen molar-refractivity contribution in [2.45, 2.75) is 6.42 Å². The summed E-state index contributed by atoms with van der Waals surface area (Å²) in [5, 5.41) is 11.0. The summed E-state index contributed by atoms with van der Waals surface area (Å²) in [6.45, 7) is 0. The molecule has 6 heteroatoms. The van der Waals surface area contributed by atoms with Gasteiger partial charge >= 0.3 is 0 Å². The van der Waals surface area contributed by atoms with Gasteiger partial charge in [-0.2, -0.15) is 5.26 Å². The number of rotatable bonds is 3. The third-order valence-corrected chi connectivity index (χ3v) is 3.38. The van der Waals surface area contributed by atoms with Gasteiger partial charge in [-0.15, -0.1) is 11.3 Å². The Hall–Kier alpha value is -2.39. The van der Waals surface area contributed by atoms with Crippen molar-refractivity contribution in [3.8, 4) is 6.07 Å². The zero-order chi connectivity index (χ0) is 13.8. The number of aromatic nitrogens is 1. The number of carbonyl (C=O) groups excluding carboxylic acids is 1. The van der Waals surface area contributed by atoms with Crippen molar-refractivity contribution < 1.29 is 4.79 Å². The number of thiazole rings is 1. The molecule has 0 saturated heterocycles. The van der Waals surface area contributed by atoms with Gasteiger partial charge in [0.2, 0.25) is 5.91 Å². The lowest BCUT2D eigenvalue weighted by Gasteiger charge is -2.16. The molecule has 0 atom stereocenters. The maximum atomic E-state index is 12.1. The number of nitrogens with zero attached hydrogens (tertiary/aromatic N) is 3. The molecule has 0 bridgehead atoms. The van der Waals surface area contributed by atoms with E-state index >= 15 is 0 Å². The number of carbonyl (C=O) groups is 1. The molecule has 0 aliphatic heterocycles. The lowest BCUT2D eigenvalue weighted by atomic mass is 10.2. The highest BCUT2D eigenvalue weighted by Gasteiger charge is 2.13. The summed E-state index contributed by atoms with van der Waals surface area (Å²) < 4.78 is 0. The van der Waals surface area contributed by atoms with Gasteiger partial charge in [0.05, 0.1) is 23.7 Å². The van der Waals surface area contributed by atoms with Crippen molar-refractivity contribution in [1.82, 2.24) is 4.98 Å². The van der Waals surface area contributed by atoms with E-state index in [0.717, 1.165) is 5.69 Å². The van der Waals surface area contributed by atoms with Gasteiger partial charge in [-0.1, -0.05) is 0 Å². The minimum absolute atomic E-state index is 0.0741. The van der Waals surface area contributed by atoms with Crippen molar-refractivity contribution in [2.24, 2.45) is 0 Å². The first-order chi connectivity index (χ1) is 9.10. The fourth-order valence-corrected chi connectivity index (χ4v) is 2.14. The van der Waals surface area contributed by atoms with Crippen molar-refractivity contribution in [3.63, 3.8) is 0 Å². The molecule has 19 heavy (non-hydrogen) atoms. The normalized spacial score (nSPS) is 9.89. The van der Waals surface area contributed by atoms with E-state index in [4.69, 9.17) is 11.0 Å². The Morgan fingerprint density at radius 2 is 2.16 bits per heavy atom. The van der Waals surface area contributed by atoms with E-state index in [2.05, 4.69) is 4.98 Å². The monoisotopic (exact) mass is 272 g/mol. The summed E-state index contributed by atoms with van der Waals surface area (Å²) in [4.78, 5) is 17.7. The molecule has 0 saturated carbocycles. The van der Waals surface area contributed by atoms with Crippen LogP contribution < -0.4 is 10.6 Å². The Morgan fingerprint density at radius 3 is 2.68 bits per heavy atom. The molecule has 1 heterocycles. The molecular weight excluding hydrogens is 260 g/mol. The number of benzene rings is 1. The van der Waals surface area contributed by atoms with Gasteiger partial charge in [0, 0.05) is 18.1 Å². The standard InChI is InChI=1S/C13H12N4OS/c1-17(11-4-2-9(7-14)3-5-11)12(18)6-10-8-19-13(15)16-10/h2-5,8H,6H2,1H3,(H2,15,16). The summed E-state index contributed by atoms with van der Waals surface area (Å²) >= 11 is 1.32. The Labute approximate surface area is 114 Å². The molecule has 0 unspecified atom stereocenters. The van der Waals surface area contributed by atoms with Crippen LogP contribution in [0.4, 0.5) is 10.8 Å². The van der Waals surface area contributed by atoms with Crippen LogP contribution in [0.1, 0.15) is 11.3 Å². The summed E-state index contributed by atoms with van der Waals surface area (Å²) in [7, 11) is 1.69. The number of anilines is 2. The number of hydrogen-bond donors (Lipinski definition) is 1. The first-order valence-electron chi connectivity index (χ1n) is 5.57. The Bertz CT molecular complexity index is 627. The Kier molecular flexibility index (Phi) is 3.78. The molecule has 96 valence electrons. The number of nitrogen functional groups attached to an aromatic ring is 1. The van der Waals surface area contributed by atoms with Crippen molar-refractivity contribution in [2.75, 3.05) is 17.7 Å². The third kappa shape index (κ3) is 3.09. The second kappa shape index (κ2) is 5.50. The summed E-state index contributed by atoms with van der Waals surface area (Å²) in [6.07, 6.45) is 0.213. The fourth-order valence-electron chi connectivity index (χ4n) is 1.58. The molecule has 5 nitrogen and oxygen atoms in total. The van der Waals surface area contributed by atoms with Crippen LogP contribution >= 0.6 is 11.3 Å². The van der Waals surface area contributed by atoms with E-state index in [-0.39, 0.29) is 12.3 Å². The fraction of sp³-hybridized carbons (Fsp3) is 0.154. The average molecular weight is 272 g/mol. The molecule has 2 rings (SSSR count). The van der Waals surface area contributed by atoms with Crippen LogP contribution in [0.15, 0.2) is 29.6 Å². The number of amides is 1. The lowest BCUT2D eigenvalue weighted by Crippen LogP contribution is -2.27. The van der Waals surface area contributed by atoms with Crippen molar-refractivity contribution in [1.29, 1.82) is 5.26 Å². The number of nitriles is 1. The molecule has 0 aliphatic rings. The molecule has 1 aromatic heterocycles. The van der Waals surface area contributed by atoms with E-state index < -0.39 is 0 Å². The third-order valence-electron chi connectivity index (χ3n) is 2.66. The summed E-state index contributed by atoms with van der Waals surface area (Å²) in [5.74, 6) is -0.0741. The zero-order valence-electron chi connectivity index (χ0n) is 10.3. The predicted molar refractivity (Wildman–Crippen MR) is 74.8 cm³/mol. The maximum Gasteiger partial charge on any atom is 0.232 e. The van der Waals surface area contributed by atoms with Crippen LogP contribution in [-0.2, 0) is 11.2 Å². The van der Waals surface area contributed by atoms with E-state index in [1.165, 1.54) is 16.2 Å². The highest BCUT2D eigenvalue weighted by atomic mass is 32.1. The lowest BCUT2D eigenvalue weighted by molar-refractivity contribution is -0.117. The van der Waals surface area contributed by atoms with Crippen LogP contribution in [0.3, 0.4) is 0 Å². The Morgan fingerprint density at radius 1 is 1.47 bits per heavy atom. The largest absolute Gasteiger partial charge is 0.375 e. The van der Waals surface area contributed by atoms with Gasteiger partial charge in [-0.25, -0.2) is 4.98 Å². The number of hydrogen-bond acceptors (Lipinski definition) is 5. The van der Waals surface area contributed by atoms with Gasteiger partial charge in [-0.05, 0) is 24.3 Å². The highest BCUT2D eigenvalue weighted by molar-refractivity contribution is 7.13. The SMILES string of the molecule is CN(C(=O)Cc1csc(N)n1)c1ccc(C#N)cc1. The van der Waals surface area contributed by atoms with Crippen LogP contribution in [-0.4, -0.2) is 17.9 Å². The topological polar surface area (TPSA) is 83.0 Å². The molecule has 0 radical (unpaired) electrons. The molecule has 0 aliphatic carbocycles. The molecule has 1 aromatic carbocycles. The zero-order valence-corrected chi connectivity index (χ0v) is 11.1. The maximum absolute atomic E-state index is 12.1. The van der Waals surface area contributed by atoms with E-state index in [1.54, 1.807) is 36.7 Å². The Balaban J connectivity index is 2.08. The molecule has 1 amide bonds. The van der Waals surface area contributed by atoms with Gasteiger partial charge < -0.3 is 10.6 Å². The van der Waals surface area contributed by atoms with Gasteiger partial charge in [-0.3, -0.25) is 4.79 Å². The van der Waals surface area contributed by atoms with Gasteiger partial charge in [0.15, 0.2) is 5.13 Å². The molecule has 0 spiro atoms.